The van der Waals surface area contributed by atoms with Crippen molar-refractivity contribution >= 4 is 35.0 Å². The molecule has 0 aromatic heterocycles. The van der Waals surface area contributed by atoms with Crippen LogP contribution in [0, 0.1) is 0 Å². The van der Waals surface area contributed by atoms with Gasteiger partial charge in [0.05, 0.1) is 0 Å². The van der Waals surface area contributed by atoms with Gasteiger partial charge in [0.2, 0.25) is 0 Å². The maximum atomic E-state index is 2.36. The minimum atomic E-state index is 0. The molecule has 7 heavy (non-hydrogen) atoms. The van der Waals surface area contributed by atoms with Crippen molar-refractivity contribution < 1.29 is 0 Å². The molecule has 0 bridgehead atoms. The Balaban J connectivity index is 0. The molecule has 0 atom stereocenters. The largest absolute Gasteiger partial charge is 0.309 e. The Morgan fingerprint density at radius 2 is 1.86 bits per heavy atom. The molecule has 1 nitrogen and oxygen atoms in total. The number of hydrogen-bond acceptors (Lipinski definition) is 1. The molecule has 0 aromatic rings. The number of hydrogen-bond donors (Lipinski definition) is 0. The number of alkyl halides is 1. The highest BCUT2D eigenvalue weighted by Crippen LogP contribution is 1.80. The Kier molecular flexibility index (Phi) is 10.8. The summed E-state index contributed by atoms with van der Waals surface area (Å²) in [5, 5.41) is 0. The Morgan fingerprint density at radius 1 is 1.43 bits per heavy atom. The van der Waals surface area contributed by atoms with E-state index in [-0.39, 0.29) is 12.4 Å². The summed E-state index contributed by atoms with van der Waals surface area (Å²) >= 11 is 2.36. The molecule has 0 N–H and O–H groups in total. The molecular formula is C4H11ClIN. The Labute approximate surface area is 65.0 Å². The second kappa shape index (κ2) is 6.98. The van der Waals surface area contributed by atoms with Gasteiger partial charge < -0.3 is 4.90 Å². The highest BCUT2D eigenvalue weighted by atomic mass is 127. The van der Waals surface area contributed by atoms with Crippen molar-refractivity contribution in [3.63, 3.8) is 0 Å². The first-order chi connectivity index (χ1) is 2.77. The monoisotopic (exact) mass is 235 g/mol. The van der Waals surface area contributed by atoms with Crippen LogP contribution < -0.4 is 0 Å². The summed E-state index contributed by atoms with van der Waals surface area (Å²) in [6.45, 7) is 1.20. The normalized spacial score (nSPS) is 8.57. The summed E-state index contributed by atoms with van der Waals surface area (Å²) in [5.74, 6) is 0. The van der Waals surface area contributed by atoms with Gasteiger partial charge in [-0.25, -0.2) is 0 Å². The minimum absolute atomic E-state index is 0. The van der Waals surface area contributed by atoms with E-state index in [9.17, 15) is 0 Å². The van der Waals surface area contributed by atoms with E-state index in [2.05, 4.69) is 41.6 Å². The van der Waals surface area contributed by atoms with Gasteiger partial charge in [-0.1, -0.05) is 22.6 Å². The lowest BCUT2D eigenvalue weighted by Gasteiger charge is -2.03. The third-order valence-electron chi connectivity index (χ3n) is 0.532. The van der Waals surface area contributed by atoms with E-state index < -0.39 is 0 Å². The zero-order chi connectivity index (χ0) is 4.99. The molecule has 0 unspecified atom stereocenters. The van der Waals surface area contributed by atoms with E-state index in [1.807, 2.05) is 0 Å². The lowest BCUT2D eigenvalue weighted by atomic mass is 10.7. The molecule has 0 saturated carbocycles. The van der Waals surface area contributed by atoms with Crippen LogP contribution in [-0.2, 0) is 0 Å². The van der Waals surface area contributed by atoms with Gasteiger partial charge in [0.15, 0.2) is 0 Å². The van der Waals surface area contributed by atoms with E-state index in [0.29, 0.717) is 0 Å². The van der Waals surface area contributed by atoms with Crippen LogP contribution in [0.15, 0.2) is 0 Å². The molecule has 3 heteroatoms. The molecule has 0 rings (SSSR count). The maximum absolute atomic E-state index is 2.36. The number of rotatable bonds is 2. The number of halogens is 2. The molecule has 0 aromatic carbocycles. The Bertz CT molecular complexity index is 32.9. The van der Waals surface area contributed by atoms with Crippen LogP contribution in [0.1, 0.15) is 0 Å². The third kappa shape index (κ3) is 10.9. The highest BCUT2D eigenvalue weighted by Gasteiger charge is 1.80. The lowest BCUT2D eigenvalue weighted by molar-refractivity contribution is 0.440. The molecule has 0 amide bonds. The van der Waals surface area contributed by atoms with Gasteiger partial charge in [-0.2, -0.15) is 0 Å². The Morgan fingerprint density at radius 3 is 1.86 bits per heavy atom. The minimum Gasteiger partial charge on any atom is -0.309 e. The van der Waals surface area contributed by atoms with Crippen molar-refractivity contribution in [1.29, 1.82) is 0 Å². The standard InChI is InChI=1S/C4H10IN.ClH/c1-6(2)4-3-5;/h3-4H2,1-2H3;1H. The quantitative estimate of drug-likeness (QED) is 0.517. The lowest BCUT2D eigenvalue weighted by Crippen LogP contribution is -2.13. The topological polar surface area (TPSA) is 3.24 Å². The molecule has 0 saturated heterocycles. The van der Waals surface area contributed by atoms with Crippen molar-refractivity contribution in [2.24, 2.45) is 0 Å². The predicted molar refractivity (Wildman–Crippen MR) is 44.7 cm³/mol. The van der Waals surface area contributed by atoms with Gasteiger partial charge in [0.1, 0.15) is 0 Å². The first-order valence-electron chi connectivity index (χ1n) is 1.98. The van der Waals surface area contributed by atoms with Crippen LogP contribution in [-0.4, -0.2) is 30.0 Å². The van der Waals surface area contributed by atoms with Gasteiger partial charge in [-0.3, -0.25) is 0 Å². The van der Waals surface area contributed by atoms with Crippen molar-refractivity contribution in [2.45, 2.75) is 0 Å². The molecule has 0 heterocycles. The summed E-state index contributed by atoms with van der Waals surface area (Å²) < 4.78 is 1.23. The summed E-state index contributed by atoms with van der Waals surface area (Å²) in [6.07, 6.45) is 0. The van der Waals surface area contributed by atoms with Crippen molar-refractivity contribution in [2.75, 3.05) is 25.1 Å². The second-order valence-electron chi connectivity index (χ2n) is 1.49. The number of nitrogens with zero attached hydrogens (tertiary/aromatic N) is 1. The van der Waals surface area contributed by atoms with Gasteiger partial charge in [0.25, 0.3) is 0 Å². The van der Waals surface area contributed by atoms with Gasteiger partial charge >= 0.3 is 0 Å². The van der Waals surface area contributed by atoms with Crippen LogP contribution in [0.25, 0.3) is 0 Å². The van der Waals surface area contributed by atoms with E-state index in [1.54, 1.807) is 0 Å². The fraction of sp³-hybridized carbons (Fsp3) is 1.00. The Hall–Kier alpha value is 0.980. The first-order valence-corrected chi connectivity index (χ1v) is 3.50. The molecule has 0 radical (unpaired) electrons. The van der Waals surface area contributed by atoms with E-state index in [0.717, 1.165) is 0 Å². The molecule has 0 aliphatic heterocycles. The molecule has 0 aliphatic carbocycles. The van der Waals surface area contributed by atoms with Crippen LogP contribution in [0.3, 0.4) is 0 Å². The molecule has 0 fully saturated rings. The predicted octanol–water partition coefficient (Wildman–Crippen LogP) is 1.40. The molecule has 0 aliphatic rings. The van der Waals surface area contributed by atoms with Crippen molar-refractivity contribution in [1.82, 2.24) is 4.90 Å². The van der Waals surface area contributed by atoms with Gasteiger partial charge in [-0.05, 0) is 14.1 Å². The summed E-state index contributed by atoms with van der Waals surface area (Å²) in [6, 6.07) is 0. The van der Waals surface area contributed by atoms with Crippen molar-refractivity contribution in [3.05, 3.63) is 0 Å². The van der Waals surface area contributed by atoms with E-state index >= 15 is 0 Å². The summed E-state index contributed by atoms with van der Waals surface area (Å²) in [5.41, 5.74) is 0. The summed E-state index contributed by atoms with van der Waals surface area (Å²) in [7, 11) is 4.16. The smallest absolute Gasteiger partial charge is 0.0123 e. The average molecular weight is 235 g/mol. The van der Waals surface area contributed by atoms with Crippen LogP contribution in [0.4, 0.5) is 0 Å². The maximum Gasteiger partial charge on any atom is 0.0123 e. The van der Waals surface area contributed by atoms with Crippen LogP contribution in [0.2, 0.25) is 0 Å². The third-order valence-corrected chi connectivity index (χ3v) is 1.01. The van der Waals surface area contributed by atoms with Crippen LogP contribution in [0.5, 0.6) is 0 Å². The van der Waals surface area contributed by atoms with Gasteiger partial charge in [-0.15, -0.1) is 12.4 Å². The van der Waals surface area contributed by atoms with Crippen LogP contribution >= 0.6 is 35.0 Å². The average Bonchev–Trinajstić information content (AvgIpc) is 1.35. The summed E-state index contributed by atoms with van der Waals surface area (Å²) in [4.78, 5) is 2.17. The van der Waals surface area contributed by atoms with E-state index in [4.69, 9.17) is 0 Å². The fourth-order valence-corrected chi connectivity index (χ4v) is 1.13. The molecule has 46 valence electrons. The zero-order valence-corrected chi connectivity index (χ0v) is 7.62. The second-order valence-corrected chi connectivity index (χ2v) is 2.57. The molecule has 0 spiro atoms. The fourth-order valence-electron chi connectivity index (χ4n) is 0.169. The van der Waals surface area contributed by atoms with Crippen molar-refractivity contribution in [3.8, 4) is 0 Å². The molecular weight excluding hydrogens is 224 g/mol. The first kappa shape index (κ1) is 10.9. The van der Waals surface area contributed by atoms with E-state index in [1.165, 1.54) is 11.0 Å². The zero-order valence-electron chi connectivity index (χ0n) is 4.65. The van der Waals surface area contributed by atoms with Gasteiger partial charge in [0, 0.05) is 11.0 Å². The highest BCUT2D eigenvalue weighted by molar-refractivity contribution is 14.1. The SMILES string of the molecule is CN(C)CCI.Cl.